The van der Waals surface area contributed by atoms with Crippen LogP contribution < -0.4 is 0 Å². The van der Waals surface area contributed by atoms with Gasteiger partial charge in [-0.25, -0.2) is 0 Å². The number of rotatable bonds is 5. The van der Waals surface area contributed by atoms with Crippen molar-refractivity contribution in [1.29, 1.82) is 0 Å². The second-order valence-corrected chi connectivity index (χ2v) is 5.01. The van der Waals surface area contributed by atoms with E-state index in [1.807, 2.05) is 31.0 Å². The van der Waals surface area contributed by atoms with E-state index >= 15 is 0 Å². The molecule has 4 nitrogen and oxygen atoms in total. The number of fused-ring (bicyclic) bond motifs is 1. The van der Waals surface area contributed by atoms with Crippen LogP contribution >= 0.6 is 0 Å². The highest BCUT2D eigenvalue weighted by Crippen LogP contribution is 2.20. The average Bonchev–Trinajstić information content (AvgIpc) is 2.73. The topological polar surface area (TPSA) is 56.3 Å². The van der Waals surface area contributed by atoms with Crippen LogP contribution in [0.25, 0.3) is 10.9 Å². The number of aromatic nitrogens is 1. The van der Waals surface area contributed by atoms with E-state index in [-0.39, 0.29) is 0 Å². The average molecular weight is 260 g/mol. The van der Waals surface area contributed by atoms with Crippen molar-refractivity contribution in [3.63, 3.8) is 0 Å². The summed E-state index contributed by atoms with van der Waals surface area (Å²) in [5.74, 6) is -0.766. The number of likely N-dealkylation sites (N-methyl/N-ethyl adjacent to an activating group) is 1. The van der Waals surface area contributed by atoms with Gasteiger partial charge in [0.25, 0.3) is 0 Å². The highest BCUT2D eigenvalue weighted by Gasteiger charge is 2.20. The van der Waals surface area contributed by atoms with Gasteiger partial charge in [0, 0.05) is 23.1 Å². The first kappa shape index (κ1) is 13.6. The summed E-state index contributed by atoms with van der Waals surface area (Å²) in [6.45, 7) is 4.58. The van der Waals surface area contributed by atoms with Gasteiger partial charge in [-0.3, -0.25) is 9.69 Å². The third-order valence-electron chi connectivity index (χ3n) is 3.56. The number of H-pyrrole nitrogens is 1. The first-order chi connectivity index (χ1) is 9.02. The van der Waals surface area contributed by atoms with Crippen LogP contribution in [0.1, 0.15) is 24.6 Å². The van der Waals surface area contributed by atoms with Gasteiger partial charge in [-0.15, -0.1) is 0 Å². The number of carboxylic acid groups (broad SMARTS) is 1. The number of aromatic amines is 1. The third kappa shape index (κ3) is 2.79. The molecular weight excluding hydrogens is 240 g/mol. The molecule has 0 aliphatic carbocycles. The van der Waals surface area contributed by atoms with Gasteiger partial charge in [0.1, 0.15) is 6.04 Å². The summed E-state index contributed by atoms with van der Waals surface area (Å²) in [6.07, 6.45) is 0.602. The largest absolute Gasteiger partial charge is 0.480 e. The number of aliphatic carboxylic acids is 1. The van der Waals surface area contributed by atoms with Crippen molar-refractivity contribution in [1.82, 2.24) is 9.88 Å². The predicted molar refractivity (Wildman–Crippen MR) is 76.2 cm³/mol. The quantitative estimate of drug-likeness (QED) is 0.869. The minimum absolute atomic E-state index is 0.437. The Morgan fingerprint density at radius 1 is 1.47 bits per heavy atom. The van der Waals surface area contributed by atoms with E-state index in [0.29, 0.717) is 13.0 Å². The molecule has 0 aliphatic rings. The minimum atomic E-state index is -0.766. The summed E-state index contributed by atoms with van der Waals surface area (Å²) in [6, 6.07) is 7.81. The van der Waals surface area contributed by atoms with E-state index in [1.165, 1.54) is 10.9 Å². The van der Waals surface area contributed by atoms with Crippen molar-refractivity contribution >= 4 is 16.9 Å². The fourth-order valence-corrected chi connectivity index (χ4v) is 2.50. The van der Waals surface area contributed by atoms with Crippen LogP contribution in [0.3, 0.4) is 0 Å². The number of carboxylic acids is 1. The van der Waals surface area contributed by atoms with E-state index in [4.69, 9.17) is 5.11 Å². The van der Waals surface area contributed by atoms with Crippen molar-refractivity contribution in [3.05, 3.63) is 35.5 Å². The molecule has 0 unspecified atom stereocenters. The molecule has 0 fully saturated rings. The SMILES string of the molecule is CC[C@H](C(=O)O)N(C)Cc1cc2c(C)cccc2[nH]1. The molecule has 0 saturated heterocycles. The molecule has 2 rings (SSSR count). The van der Waals surface area contributed by atoms with E-state index in [9.17, 15) is 4.79 Å². The molecule has 2 aromatic rings. The highest BCUT2D eigenvalue weighted by atomic mass is 16.4. The number of carbonyl (C=O) groups is 1. The Morgan fingerprint density at radius 3 is 2.79 bits per heavy atom. The van der Waals surface area contributed by atoms with Gasteiger partial charge in [-0.1, -0.05) is 19.1 Å². The Balaban J connectivity index is 2.21. The van der Waals surface area contributed by atoms with Crippen LogP contribution in [0.5, 0.6) is 0 Å². The Morgan fingerprint density at radius 2 is 2.21 bits per heavy atom. The van der Waals surface area contributed by atoms with E-state index in [2.05, 4.69) is 24.0 Å². The monoisotopic (exact) mass is 260 g/mol. The summed E-state index contributed by atoms with van der Waals surface area (Å²) >= 11 is 0. The fraction of sp³-hybridized carbons (Fsp3) is 0.400. The maximum absolute atomic E-state index is 11.1. The van der Waals surface area contributed by atoms with Gasteiger partial charge in [0.15, 0.2) is 0 Å². The van der Waals surface area contributed by atoms with Crippen molar-refractivity contribution in [2.24, 2.45) is 0 Å². The van der Waals surface area contributed by atoms with Gasteiger partial charge in [-0.2, -0.15) is 0 Å². The molecule has 1 atom stereocenters. The second kappa shape index (κ2) is 5.45. The number of nitrogens with one attached hydrogen (secondary N) is 1. The molecule has 1 aromatic heterocycles. The third-order valence-corrected chi connectivity index (χ3v) is 3.56. The maximum Gasteiger partial charge on any atom is 0.320 e. The second-order valence-electron chi connectivity index (χ2n) is 5.01. The molecule has 4 heteroatoms. The van der Waals surface area contributed by atoms with Crippen molar-refractivity contribution < 1.29 is 9.90 Å². The van der Waals surface area contributed by atoms with Crippen LogP contribution in [0, 0.1) is 6.92 Å². The first-order valence-corrected chi connectivity index (χ1v) is 6.53. The van der Waals surface area contributed by atoms with Gasteiger partial charge in [0.05, 0.1) is 0 Å². The molecule has 1 aromatic carbocycles. The summed E-state index contributed by atoms with van der Waals surface area (Å²) in [7, 11) is 1.85. The molecule has 102 valence electrons. The fourth-order valence-electron chi connectivity index (χ4n) is 2.50. The summed E-state index contributed by atoms with van der Waals surface area (Å²) < 4.78 is 0. The lowest BCUT2D eigenvalue weighted by molar-refractivity contribution is -0.143. The normalized spacial score (nSPS) is 13.1. The number of benzene rings is 1. The molecule has 0 amide bonds. The van der Waals surface area contributed by atoms with Gasteiger partial charge in [-0.05, 0) is 38.1 Å². The number of aryl methyl sites for hydroxylation is 1. The highest BCUT2D eigenvalue weighted by molar-refractivity contribution is 5.83. The molecule has 0 saturated carbocycles. The standard InChI is InChI=1S/C15H20N2O2/c1-4-14(15(18)19)17(3)9-11-8-12-10(2)6-5-7-13(12)16-11/h5-8,14,16H,4,9H2,1-3H3,(H,18,19)/t14-/m1/s1. The van der Waals surface area contributed by atoms with E-state index in [0.717, 1.165) is 11.2 Å². The van der Waals surface area contributed by atoms with E-state index in [1.54, 1.807) is 0 Å². The molecule has 0 radical (unpaired) electrons. The summed E-state index contributed by atoms with van der Waals surface area (Å²) in [5.41, 5.74) is 3.38. The maximum atomic E-state index is 11.1. The first-order valence-electron chi connectivity index (χ1n) is 6.53. The Hall–Kier alpha value is -1.81. The van der Waals surface area contributed by atoms with Gasteiger partial charge < -0.3 is 10.1 Å². The molecule has 2 N–H and O–H groups in total. The Kier molecular flexibility index (Phi) is 3.90. The molecular formula is C15H20N2O2. The van der Waals surface area contributed by atoms with Crippen molar-refractivity contribution in [3.8, 4) is 0 Å². The molecule has 19 heavy (non-hydrogen) atoms. The number of nitrogens with zero attached hydrogens (tertiary/aromatic N) is 1. The lowest BCUT2D eigenvalue weighted by atomic mass is 10.1. The van der Waals surface area contributed by atoms with Gasteiger partial charge >= 0.3 is 5.97 Å². The van der Waals surface area contributed by atoms with Crippen molar-refractivity contribution in [2.45, 2.75) is 32.9 Å². The molecule has 0 aliphatic heterocycles. The zero-order chi connectivity index (χ0) is 14.0. The van der Waals surface area contributed by atoms with E-state index < -0.39 is 12.0 Å². The van der Waals surface area contributed by atoms with Crippen LogP contribution in [-0.4, -0.2) is 34.0 Å². The Labute approximate surface area is 113 Å². The number of hydrogen-bond donors (Lipinski definition) is 2. The number of hydrogen-bond acceptors (Lipinski definition) is 2. The lowest BCUT2D eigenvalue weighted by Crippen LogP contribution is -2.37. The molecule has 0 bridgehead atoms. The zero-order valence-electron chi connectivity index (χ0n) is 11.6. The summed E-state index contributed by atoms with van der Waals surface area (Å²) in [5, 5.41) is 10.4. The van der Waals surface area contributed by atoms with Crippen LogP contribution in [0.2, 0.25) is 0 Å². The summed E-state index contributed by atoms with van der Waals surface area (Å²) in [4.78, 5) is 16.4. The van der Waals surface area contributed by atoms with Crippen molar-refractivity contribution in [2.75, 3.05) is 7.05 Å². The Bertz CT molecular complexity index is 589. The molecule has 0 spiro atoms. The van der Waals surface area contributed by atoms with Crippen LogP contribution in [-0.2, 0) is 11.3 Å². The zero-order valence-corrected chi connectivity index (χ0v) is 11.6. The van der Waals surface area contributed by atoms with Gasteiger partial charge in [0.2, 0.25) is 0 Å². The lowest BCUT2D eigenvalue weighted by Gasteiger charge is -2.22. The minimum Gasteiger partial charge on any atom is -0.480 e. The molecule has 1 heterocycles. The van der Waals surface area contributed by atoms with Crippen LogP contribution in [0.4, 0.5) is 0 Å². The predicted octanol–water partition coefficient (Wildman–Crippen LogP) is 2.77. The van der Waals surface area contributed by atoms with Crippen LogP contribution in [0.15, 0.2) is 24.3 Å². The smallest absolute Gasteiger partial charge is 0.320 e.